The zero-order valence-corrected chi connectivity index (χ0v) is 8.00. The van der Waals surface area contributed by atoms with E-state index in [1.807, 2.05) is 25.1 Å². The maximum Gasteiger partial charge on any atom is 0.253 e. The summed E-state index contributed by atoms with van der Waals surface area (Å²) in [7, 11) is 0. The third kappa shape index (κ3) is 0.992. The number of hydrogen-bond acceptors (Lipinski definition) is 2. The summed E-state index contributed by atoms with van der Waals surface area (Å²) in [6.45, 7) is 5.57. The van der Waals surface area contributed by atoms with Gasteiger partial charge in [-0.25, -0.2) is 0 Å². The molecule has 2 rings (SSSR count). The topological polar surface area (TPSA) is 55.1 Å². The van der Waals surface area contributed by atoms with E-state index in [4.69, 9.17) is 5.73 Å². The molecule has 1 atom stereocenters. The van der Waals surface area contributed by atoms with Gasteiger partial charge in [-0.1, -0.05) is 23.8 Å². The van der Waals surface area contributed by atoms with E-state index >= 15 is 0 Å². The van der Waals surface area contributed by atoms with Crippen LogP contribution in [0, 0.1) is 6.92 Å². The lowest BCUT2D eigenvalue weighted by Gasteiger charge is -2.16. The van der Waals surface area contributed by atoms with Crippen LogP contribution in [0.3, 0.4) is 0 Å². The molecular weight excluding hydrogens is 176 g/mol. The predicted octanol–water partition coefficient (Wildman–Crippen LogP) is 1.29. The first kappa shape index (κ1) is 8.97. The van der Waals surface area contributed by atoms with Gasteiger partial charge in [0.15, 0.2) is 0 Å². The van der Waals surface area contributed by atoms with Gasteiger partial charge in [0.05, 0.1) is 0 Å². The Bertz CT molecular complexity index is 425. The summed E-state index contributed by atoms with van der Waals surface area (Å²) in [5, 5.41) is 2.73. The standard InChI is InChI=1S/C11H12N2O/c1-3-11(12)8-6-7(2)4-5-9(8)13-10(11)14/h3-6H,1,12H2,2H3,(H,13,14)/t11-/m0/s1. The smallest absolute Gasteiger partial charge is 0.253 e. The SMILES string of the molecule is C=C[C@@]1(N)C(=O)Nc2ccc(C)cc21. The number of nitrogens with two attached hydrogens (primary N) is 1. The number of fused-ring (bicyclic) bond motifs is 1. The van der Waals surface area contributed by atoms with Crippen LogP contribution in [0.15, 0.2) is 30.9 Å². The van der Waals surface area contributed by atoms with Crippen molar-refractivity contribution in [1.29, 1.82) is 0 Å². The van der Waals surface area contributed by atoms with Crippen molar-refractivity contribution in [3.63, 3.8) is 0 Å². The lowest BCUT2D eigenvalue weighted by Crippen LogP contribution is -2.41. The summed E-state index contributed by atoms with van der Waals surface area (Å²) < 4.78 is 0. The van der Waals surface area contributed by atoms with Gasteiger partial charge in [-0.05, 0) is 13.0 Å². The maximum atomic E-state index is 11.6. The van der Waals surface area contributed by atoms with Crippen LogP contribution >= 0.6 is 0 Å². The molecule has 3 N–H and O–H groups in total. The van der Waals surface area contributed by atoms with Crippen molar-refractivity contribution in [2.45, 2.75) is 12.5 Å². The lowest BCUT2D eigenvalue weighted by atomic mass is 9.92. The van der Waals surface area contributed by atoms with Gasteiger partial charge in [0, 0.05) is 11.3 Å². The molecule has 0 aliphatic carbocycles. The molecule has 1 aromatic carbocycles. The van der Waals surface area contributed by atoms with Crippen LogP contribution in [-0.2, 0) is 10.3 Å². The highest BCUT2D eigenvalue weighted by Gasteiger charge is 2.40. The fourth-order valence-electron chi connectivity index (χ4n) is 1.66. The van der Waals surface area contributed by atoms with Crippen LogP contribution in [0.1, 0.15) is 11.1 Å². The molecule has 1 amide bonds. The van der Waals surface area contributed by atoms with Crippen molar-refractivity contribution in [3.05, 3.63) is 42.0 Å². The van der Waals surface area contributed by atoms with Crippen LogP contribution in [0.4, 0.5) is 5.69 Å². The molecule has 0 bridgehead atoms. The van der Waals surface area contributed by atoms with Crippen LogP contribution in [0.25, 0.3) is 0 Å². The zero-order valence-electron chi connectivity index (χ0n) is 8.00. The second kappa shape index (κ2) is 2.69. The van der Waals surface area contributed by atoms with Gasteiger partial charge < -0.3 is 11.1 Å². The van der Waals surface area contributed by atoms with Gasteiger partial charge in [0.25, 0.3) is 5.91 Å². The fraction of sp³-hybridized carbons (Fsp3) is 0.182. The number of aryl methyl sites for hydroxylation is 1. The molecule has 14 heavy (non-hydrogen) atoms. The molecule has 0 spiro atoms. The molecule has 1 aliphatic heterocycles. The zero-order chi connectivity index (χ0) is 10.3. The Hall–Kier alpha value is -1.61. The summed E-state index contributed by atoms with van der Waals surface area (Å²) in [6, 6.07) is 5.71. The Kier molecular flexibility index (Phi) is 1.72. The molecule has 0 unspecified atom stereocenters. The number of hydrogen-bond donors (Lipinski definition) is 2. The number of nitrogens with one attached hydrogen (secondary N) is 1. The van der Waals surface area contributed by atoms with E-state index in [1.54, 1.807) is 0 Å². The van der Waals surface area contributed by atoms with E-state index in [2.05, 4.69) is 11.9 Å². The molecular formula is C11H12N2O. The van der Waals surface area contributed by atoms with Crippen molar-refractivity contribution in [2.75, 3.05) is 5.32 Å². The van der Waals surface area contributed by atoms with Crippen molar-refractivity contribution in [2.24, 2.45) is 5.73 Å². The number of carbonyl (C=O) groups is 1. The Labute approximate surface area is 82.6 Å². The molecule has 72 valence electrons. The molecule has 0 radical (unpaired) electrons. The van der Waals surface area contributed by atoms with Crippen LogP contribution in [-0.4, -0.2) is 5.91 Å². The van der Waals surface area contributed by atoms with Crippen LogP contribution in [0.5, 0.6) is 0 Å². The average Bonchev–Trinajstić information content (AvgIpc) is 2.41. The van der Waals surface area contributed by atoms with E-state index in [1.165, 1.54) is 6.08 Å². The third-order valence-corrected chi connectivity index (χ3v) is 2.57. The molecule has 1 heterocycles. The molecule has 1 aliphatic rings. The van der Waals surface area contributed by atoms with Gasteiger partial charge in [0.1, 0.15) is 5.54 Å². The minimum atomic E-state index is -1.07. The van der Waals surface area contributed by atoms with Crippen molar-refractivity contribution < 1.29 is 4.79 Å². The highest BCUT2D eigenvalue weighted by atomic mass is 16.2. The van der Waals surface area contributed by atoms with E-state index < -0.39 is 5.54 Å². The van der Waals surface area contributed by atoms with Gasteiger partial charge in [-0.3, -0.25) is 4.79 Å². The second-order valence-corrected chi connectivity index (χ2v) is 3.58. The van der Waals surface area contributed by atoms with Crippen LogP contribution in [0.2, 0.25) is 0 Å². The highest BCUT2D eigenvalue weighted by Crippen LogP contribution is 2.35. The Balaban J connectivity index is 2.67. The van der Waals surface area contributed by atoms with Gasteiger partial charge in [-0.15, -0.1) is 6.58 Å². The summed E-state index contributed by atoms with van der Waals surface area (Å²) in [6.07, 6.45) is 1.48. The molecule has 1 aromatic rings. The normalized spacial score (nSPS) is 24.3. The molecule has 0 saturated carbocycles. The number of rotatable bonds is 1. The van der Waals surface area contributed by atoms with Crippen molar-refractivity contribution in [3.8, 4) is 0 Å². The average molecular weight is 188 g/mol. The first-order chi connectivity index (χ1) is 6.58. The predicted molar refractivity (Wildman–Crippen MR) is 55.9 cm³/mol. The van der Waals surface area contributed by atoms with Crippen molar-refractivity contribution in [1.82, 2.24) is 0 Å². The Morgan fingerprint density at radius 3 is 2.93 bits per heavy atom. The monoisotopic (exact) mass is 188 g/mol. The number of amides is 1. The number of carbonyl (C=O) groups excluding carboxylic acids is 1. The molecule has 3 nitrogen and oxygen atoms in total. The van der Waals surface area contributed by atoms with Gasteiger partial charge in [-0.2, -0.15) is 0 Å². The fourth-order valence-corrected chi connectivity index (χ4v) is 1.66. The first-order valence-electron chi connectivity index (χ1n) is 4.43. The third-order valence-electron chi connectivity index (χ3n) is 2.57. The van der Waals surface area contributed by atoms with Gasteiger partial charge >= 0.3 is 0 Å². The number of anilines is 1. The minimum Gasteiger partial charge on any atom is -0.324 e. The first-order valence-corrected chi connectivity index (χ1v) is 4.43. The summed E-state index contributed by atoms with van der Waals surface area (Å²) in [4.78, 5) is 11.6. The lowest BCUT2D eigenvalue weighted by molar-refractivity contribution is -0.119. The molecule has 3 heteroatoms. The molecule has 0 aromatic heterocycles. The summed E-state index contributed by atoms with van der Waals surface area (Å²) in [5.41, 5.74) is 7.55. The largest absolute Gasteiger partial charge is 0.324 e. The summed E-state index contributed by atoms with van der Waals surface area (Å²) in [5.74, 6) is -0.215. The minimum absolute atomic E-state index is 0.215. The Morgan fingerprint density at radius 2 is 2.29 bits per heavy atom. The van der Waals surface area contributed by atoms with Crippen molar-refractivity contribution >= 4 is 11.6 Å². The van der Waals surface area contributed by atoms with Crippen LogP contribution < -0.4 is 11.1 Å². The van der Waals surface area contributed by atoms with E-state index in [0.29, 0.717) is 0 Å². The number of benzene rings is 1. The van der Waals surface area contributed by atoms with E-state index in [-0.39, 0.29) is 5.91 Å². The van der Waals surface area contributed by atoms with Gasteiger partial charge in [0.2, 0.25) is 0 Å². The highest BCUT2D eigenvalue weighted by molar-refractivity contribution is 6.07. The van der Waals surface area contributed by atoms with E-state index in [9.17, 15) is 4.79 Å². The quantitative estimate of drug-likeness (QED) is 0.652. The van der Waals surface area contributed by atoms with E-state index in [0.717, 1.165) is 16.8 Å². The second-order valence-electron chi connectivity index (χ2n) is 3.58. The molecule has 0 fully saturated rings. The maximum absolute atomic E-state index is 11.6. The summed E-state index contributed by atoms with van der Waals surface area (Å²) >= 11 is 0. The Morgan fingerprint density at radius 1 is 1.57 bits per heavy atom. The molecule has 0 saturated heterocycles.